The van der Waals surface area contributed by atoms with Gasteiger partial charge in [0.25, 0.3) is 0 Å². The summed E-state index contributed by atoms with van der Waals surface area (Å²) in [5.74, 6) is 4.58. The average molecular weight is 246 g/mol. The van der Waals surface area contributed by atoms with E-state index >= 15 is 0 Å². The fourth-order valence-electron chi connectivity index (χ4n) is 5.23. The molecule has 4 fully saturated rings. The third-order valence-electron chi connectivity index (χ3n) is 5.56. The predicted octanol–water partition coefficient (Wildman–Crippen LogP) is 1.78. The standard InChI is InChI=1S/C14H22N4/c15-1-2-18-13(8-16-17-18)14-11-4-9-3-10(6-11)7-12(14)5-9/h8-12,14H,1-7,15H2. The van der Waals surface area contributed by atoms with E-state index in [4.69, 9.17) is 5.73 Å². The van der Waals surface area contributed by atoms with Crippen molar-refractivity contribution in [1.82, 2.24) is 15.0 Å². The molecule has 4 nitrogen and oxygen atoms in total. The number of rotatable bonds is 3. The summed E-state index contributed by atoms with van der Waals surface area (Å²) in [6, 6.07) is 0. The third-order valence-corrected chi connectivity index (χ3v) is 5.56. The average Bonchev–Trinajstić information content (AvgIpc) is 2.76. The molecular weight excluding hydrogens is 224 g/mol. The van der Waals surface area contributed by atoms with E-state index in [-0.39, 0.29) is 0 Å². The van der Waals surface area contributed by atoms with Crippen LogP contribution in [0.15, 0.2) is 6.20 Å². The van der Waals surface area contributed by atoms with Crippen LogP contribution < -0.4 is 5.73 Å². The molecular formula is C14H22N4. The van der Waals surface area contributed by atoms with Crippen molar-refractivity contribution < 1.29 is 0 Å². The summed E-state index contributed by atoms with van der Waals surface area (Å²) in [6.07, 6.45) is 9.32. The van der Waals surface area contributed by atoms with Gasteiger partial charge in [0, 0.05) is 12.5 Å². The molecule has 4 aliphatic rings. The van der Waals surface area contributed by atoms with Crippen LogP contribution in [0.5, 0.6) is 0 Å². The lowest BCUT2D eigenvalue weighted by Crippen LogP contribution is -2.44. The number of aromatic nitrogens is 3. The van der Waals surface area contributed by atoms with Crippen molar-refractivity contribution in [3.8, 4) is 0 Å². The van der Waals surface area contributed by atoms with Gasteiger partial charge in [-0.25, -0.2) is 4.68 Å². The van der Waals surface area contributed by atoms with Gasteiger partial charge in [0.2, 0.25) is 0 Å². The van der Waals surface area contributed by atoms with Gasteiger partial charge in [-0.3, -0.25) is 0 Å². The fraction of sp³-hybridized carbons (Fsp3) is 0.857. The van der Waals surface area contributed by atoms with Crippen LogP contribution in [0.4, 0.5) is 0 Å². The quantitative estimate of drug-likeness (QED) is 0.884. The van der Waals surface area contributed by atoms with E-state index < -0.39 is 0 Å². The van der Waals surface area contributed by atoms with Gasteiger partial charge in [0.05, 0.1) is 18.4 Å². The lowest BCUT2D eigenvalue weighted by Gasteiger charge is -2.54. The Labute approximate surface area is 108 Å². The molecule has 0 unspecified atom stereocenters. The molecule has 98 valence electrons. The van der Waals surface area contributed by atoms with Crippen LogP contribution in [0, 0.1) is 23.7 Å². The van der Waals surface area contributed by atoms with E-state index in [0.29, 0.717) is 6.54 Å². The first kappa shape index (κ1) is 11.0. The van der Waals surface area contributed by atoms with Crippen LogP contribution in [0.1, 0.15) is 43.7 Å². The van der Waals surface area contributed by atoms with Gasteiger partial charge in [-0.15, -0.1) is 5.10 Å². The van der Waals surface area contributed by atoms with Gasteiger partial charge in [-0.1, -0.05) is 5.21 Å². The van der Waals surface area contributed by atoms with E-state index in [1.807, 2.05) is 6.20 Å². The monoisotopic (exact) mass is 246 g/mol. The van der Waals surface area contributed by atoms with Crippen LogP contribution in [-0.2, 0) is 6.54 Å². The Bertz CT molecular complexity index is 411. The highest BCUT2D eigenvalue weighted by atomic mass is 15.4. The maximum absolute atomic E-state index is 5.67. The highest BCUT2D eigenvalue weighted by molar-refractivity contribution is 5.14. The Morgan fingerprint density at radius 1 is 1.11 bits per heavy atom. The molecule has 0 aliphatic heterocycles. The summed E-state index contributed by atoms with van der Waals surface area (Å²) in [6.45, 7) is 1.47. The summed E-state index contributed by atoms with van der Waals surface area (Å²) in [5, 5.41) is 8.36. The Morgan fingerprint density at radius 3 is 2.39 bits per heavy atom. The zero-order valence-electron chi connectivity index (χ0n) is 10.8. The number of hydrogen-bond acceptors (Lipinski definition) is 3. The molecule has 0 spiro atoms. The van der Waals surface area contributed by atoms with Crippen molar-refractivity contribution in [1.29, 1.82) is 0 Å². The Balaban J connectivity index is 1.66. The van der Waals surface area contributed by atoms with Crippen LogP contribution in [-0.4, -0.2) is 21.5 Å². The van der Waals surface area contributed by atoms with Gasteiger partial charge in [-0.05, 0) is 55.8 Å². The van der Waals surface area contributed by atoms with E-state index in [1.165, 1.54) is 37.8 Å². The molecule has 4 aliphatic carbocycles. The second-order valence-electron chi connectivity index (χ2n) is 6.63. The summed E-state index contributed by atoms with van der Waals surface area (Å²) < 4.78 is 2.06. The van der Waals surface area contributed by atoms with E-state index in [9.17, 15) is 0 Å². The molecule has 5 rings (SSSR count). The van der Waals surface area contributed by atoms with Gasteiger partial charge in [0.1, 0.15) is 0 Å². The molecule has 0 aromatic carbocycles. The first-order valence-electron chi connectivity index (χ1n) is 7.43. The maximum Gasteiger partial charge on any atom is 0.0728 e. The second kappa shape index (κ2) is 4.05. The molecule has 1 heterocycles. The number of nitrogens with two attached hydrogens (primary N) is 1. The molecule has 1 aromatic rings. The maximum atomic E-state index is 5.67. The molecule has 0 saturated heterocycles. The molecule has 4 heteroatoms. The van der Waals surface area contributed by atoms with Crippen LogP contribution in [0.25, 0.3) is 0 Å². The van der Waals surface area contributed by atoms with Crippen molar-refractivity contribution >= 4 is 0 Å². The van der Waals surface area contributed by atoms with Crippen molar-refractivity contribution in [3.05, 3.63) is 11.9 Å². The van der Waals surface area contributed by atoms with E-state index in [2.05, 4.69) is 15.0 Å². The molecule has 1 aromatic heterocycles. The van der Waals surface area contributed by atoms with Crippen LogP contribution >= 0.6 is 0 Å². The van der Waals surface area contributed by atoms with Crippen molar-refractivity contribution in [2.45, 2.75) is 44.6 Å². The third kappa shape index (κ3) is 1.54. The first-order valence-corrected chi connectivity index (χ1v) is 7.43. The highest BCUT2D eigenvalue weighted by Gasteiger charge is 2.49. The van der Waals surface area contributed by atoms with Crippen molar-refractivity contribution in [2.24, 2.45) is 29.4 Å². The van der Waals surface area contributed by atoms with Gasteiger partial charge in [-0.2, -0.15) is 0 Å². The van der Waals surface area contributed by atoms with E-state index in [0.717, 1.165) is 36.1 Å². The Hall–Kier alpha value is -0.900. The molecule has 0 amide bonds. The lowest BCUT2D eigenvalue weighted by atomic mass is 9.51. The fourth-order valence-corrected chi connectivity index (χ4v) is 5.23. The van der Waals surface area contributed by atoms with Crippen molar-refractivity contribution in [3.63, 3.8) is 0 Å². The Morgan fingerprint density at radius 2 is 1.78 bits per heavy atom. The van der Waals surface area contributed by atoms with Crippen LogP contribution in [0.2, 0.25) is 0 Å². The molecule has 2 N–H and O–H groups in total. The topological polar surface area (TPSA) is 56.7 Å². The van der Waals surface area contributed by atoms with E-state index in [1.54, 1.807) is 0 Å². The smallest absolute Gasteiger partial charge is 0.0728 e. The highest BCUT2D eigenvalue weighted by Crippen LogP contribution is 2.59. The minimum Gasteiger partial charge on any atom is -0.329 e. The van der Waals surface area contributed by atoms with Crippen molar-refractivity contribution in [2.75, 3.05) is 6.54 Å². The predicted molar refractivity (Wildman–Crippen MR) is 68.9 cm³/mol. The number of hydrogen-bond donors (Lipinski definition) is 1. The summed E-state index contributed by atoms with van der Waals surface area (Å²) in [5.41, 5.74) is 7.04. The lowest BCUT2D eigenvalue weighted by molar-refractivity contribution is -0.00561. The molecule has 0 atom stereocenters. The second-order valence-corrected chi connectivity index (χ2v) is 6.63. The Kier molecular flexibility index (Phi) is 2.47. The summed E-state index contributed by atoms with van der Waals surface area (Å²) in [7, 11) is 0. The minimum atomic E-state index is 0.656. The van der Waals surface area contributed by atoms with Gasteiger partial charge >= 0.3 is 0 Å². The summed E-state index contributed by atoms with van der Waals surface area (Å²) >= 11 is 0. The molecule has 4 bridgehead atoms. The zero-order valence-corrected chi connectivity index (χ0v) is 10.8. The summed E-state index contributed by atoms with van der Waals surface area (Å²) in [4.78, 5) is 0. The normalized spacial score (nSPS) is 41.5. The largest absolute Gasteiger partial charge is 0.329 e. The molecule has 18 heavy (non-hydrogen) atoms. The SMILES string of the molecule is NCCn1nncc1C1C2CC3CC(C2)CC1C3. The number of nitrogens with zero attached hydrogens (tertiary/aromatic N) is 3. The first-order chi connectivity index (χ1) is 8.85. The molecule has 0 radical (unpaired) electrons. The van der Waals surface area contributed by atoms with Gasteiger partial charge in [0.15, 0.2) is 0 Å². The zero-order chi connectivity index (χ0) is 12.1. The van der Waals surface area contributed by atoms with Crippen LogP contribution in [0.3, 0.4) is 0 Å². The van der Waals surface area contributed by atoms with Gasteiger partial charge < -0.3 is 5.73 Å². The molecule has 4 saturated carbocycles. The minimum absolute atomic E-state index is 0.656.